The van der Waals surface area contributed by atoms with Gasteiger partial charge in [0.25, 0.3) is 0 Å². The number of hydrogen-bond acceptors (Lipinski definition) is 4. The van der Waals surface area contributed by atoms with Crippen molar-refractivity contribution in [2.45, 2.75) is 24.2 Å². The molecule has 2 heterocycles. The second kappa shape index (κ2) is 10.5. The largest absolute Gasteiger partial charge is 0.341 e. The molecule has 2 aliphatic rings. The quantitative estimate of drug-likeness (QED) is 0.717. The number of anilines is 1. The number of hydrogen-bond donors (Lipinski definition) is 1. The van der Waals surface area contributed by atoms with Gasteiger partial charge in [0.2, 0.25) is 15.9 Å². The number of amides is 3. The first-order valence-electron chi connectivity index (χ1n) is 11.5. The van der Waals surface area contributed by atoms with Gasteiger partial charge >= 0.3 is 6.03 Å². The lowest BCUT2D eigenvalue weighted by Crippen LogP contribution is -2.46. The number of piperidine rings is 1. The summed E-state index contributed by atoms with van der Waals surface area (Å²) in [6, 6.07) is 13.9. The fourth-order valence-electron chi connectivity index (χ4n) is 4.42. The van der Waals surface area contributed by atoms with E-state index in [1.54, 1.807) is 9.80 Å². The Labute approximate surface area is 199 Å². The van der Waals surface area contributed by atoms with Crippen molar-refractivity contribution in [2.24, 2.45) is 5.92 Å². The van der Waals surface area contributed by atoms with Crippen LogP contribution in [0.25, 0.3) is 0 Å². The van der Waals surface area contributed by atoms with Crippen LogP contribution >= 0.6 is 0 Å². The van der Waals surface area contributed by atoms with Gasteiger partial charge in [0.1, 0.15) is 5.82 Å². The molecule has 0 radical (unpaired) electrons. The fourth-order valence-corrected chi connectivity index (χ4v) is 5.89. The molecule has 8 nitrogen and oxygen atoms in total. The first kappa shape index (κ1) is 24.2. The number of halogens is 1. The summed E-state index contributed by atoms with van der Waals surface area (Å²) in [6.07, 6.45) is 1.69. The van der Waals surface area contributed by atoms with Crippen LogP contribution in [0.1, 0.15) is 19.3 Å². The molecule has 1 N–H and O–H groups in total. The highest BCUT2D eigenvalue weighted by molar-refractivity contribution is 7.89. The Morgan fingerprint density at radius 3 is 2.18 bits per heavy atom. The van der Waals surface area contributed by atoms with Gasteiger partial charge in [-0.05, 0) is 55.7 Å². The highest BCUT2D eigenvalue weighted by Crippen LogP contribution is 2.23. The van der Waals surface area contributed by atoms with Crippen LogP contribution in [-0.4, -0.2) is 73.7 Å². The number of nitrogens with zero attached hydrogens (tertiary/aromatic N) is 3. The van der Waals surface area contributed by atoms with Gasteiger partial charge in [-0.3, -0.25) is 4.79 Å². The molecular weight excluding hydrogens is 459 g/mol. The van der Waals surface area contributed by atoms with E-state index in [-0.39, 0.29) is 29.3 Å². The van der Waals surface area contributed by atoms with Crippen LogP contribution in [0.5, 0.6) is 0 Å². The first-order chi connectivity index (χ1) is 16.3. The molecule has 0 aliphatic carbocycles. The lowest BCUT2D eigenvalue weighted by molar-refractivity contribution is -0.136. The van der Waals surface area contributed by atoms with E-state index < -0.39 is 15.8 Å². The number of likely N-dealkylation sites (tertiary alicyclic amines) is 1. The highest BCUT2D eigenvalue weighted by Gasteiger charge is 2.33. The normalized spacial score (nSPS) is 18.4. The lowest BCUT2D eigenvalue weighted by atomic mass is 9.95. The van der Waals surface area contributed by atoms with Crippen molar-refractivity contribution in [1.29, 1.82) is 0 Å². The van der Waals surface area contributed by atoms with Gasteiger partial charge in [0.15, 0.2) is 0 Å². The molecule has 4 rings (SSSR count). The van der Waals surface area contributed by atoms with Gasteiger partial charge in [-0.25, -0.2) is 17.6 Å². The predicted molar refractivity (Wildman–Crippen MR) is 126 cm³/mol. The van der Waals surface area contributed by atoms with Crippen molar-refractivity contribution >= 4 is 27.6 Å². The third-order valence-electron chi connectivity index (χ3n) is 6.37. The van der Waals surface area contributed by atoms with Crippen molar-refractivity contribution in [3.63, 3.8) is 0 Å². The van der Waals surface area contributed by atoms with Crippen LogP contribution in [0.2, 0.25) is 0 Å². The molecule has 10 heteroatoms. The van der Waals surface area contributed by atoms with E-state index in [9.17, 15) is 22.4 Å². The van der Waals surface area contributed by atoms with Crippen molar-refractivity contribution in [3.05, 3.63) is 60.4 Å². The van der Waals surface area contributed by atoms with Gasteiger partial charge in [-0.2, -0.15) is 4.31 Å². The van der Waals surface area contributed by atoms with Gasteiger partial charge in [-0.1, -0.05) is 18.2 Å². The van der Waals surface area contributed by atoms with Gasteiger partial charge in [-0.15, -0.1) is 0 Å². The molecule has 0 atom stereocenters. The van der Waals surface area contributed by atoms with E-state index >= 15 is 0 Å². The van der Waals surface area contributed by atoms with Gasteiger partial charge < -0.3 is 15.1 Å². The van der Waals surface area contributed by atoms with E-state index in [1.165, 1.54) is 16.4 Å². The Morgan fingerprint density at radius 1 is 0.824 bits per heavy atom. The van der Waals surface area contributed by atoms with Crippen molar-refractivity contribution in [1.82, 2.24) is 14.1 Å². The van der Waals surface area contributed by atoms with Crippen molar-refractivity contribution in [2.75, 3.05) is 44.6 Å². The minimum Gasteiger partial charge on any atom is -0.341 e. The zero-order chi connectivity index (χ0) is 24.1. The molecule has 0 saturated carbocycles. The number of benzene rings is 2. The van der Waals surface area contributed by atoms with Crippen LogP contribution in [-0.2, 0) is 14.8 Å². The summed E-state index contributed by atoms with van der Waals surface area (Å²) in [5, 5.41) is 2.87. The van der Waals surface area contributed by atoms with Crippen LogP contribution in [0, 0.1) is 11.7 Å². The minimum absolute atomic E-state index is 0.0177. The molecule has 0 aromatic heterocycles. The van der Waals surface area contributed by atoms with E-state index in [1.807, 2.05) is 30.3 Å². The SMILES string of the molecule is O=C(Nc1ccccc1)N1CCC(C(=O)N2CCCN(S(=O)(=O)c3ccc(F)cc3)CC2)CC1. The second-order valence-electron chi connectivity index (χ2n) is 8.59. The summed E-state index contributed by atoms with van der Waals surface area (Å²) in [6.45, 7) is 2.30. The standard InChI is InChI=1S/C24H29FN4O4S/c25-20-7-9-22(10-8-20)34(32,33)29-14-4-13-27(17-18-29)23(30)19-11-15-28(16-12-19)24(31)26-21-5-2-1-3-6-21/h1-3,5-10,19H,4,11-18H2,(H,26,31). The number of urea groups is 1. The maximum atomic E-state index is 13.2. The van der Waals surface area contributed by atoms with E-state index in [2.05, 4.69) is 5.32 Å². The van der Waals surface area contributed by atoms with Crippen LogP contribution in [0.3, 0.4) is 0 Å². The number of nitrogens with one attached hydrogen (secondary N) is 1. The number of carbonyl (C=O) groups excluding carboxylic acids is 2. The maximum Gasteiger partial charge on any atom is 0.321 e. The van der Waals surface area contributed by atoms with Crippen LogP contribution in [0.4, 0.5) is 14.9 Å². The average Bonchev–Trinajstić information content (AvgIpc) is 3.12. The zero-order valence-electron chi connectivity index (χ0n) is 18.9. The Hall–Kier alpha value is -2.98. The Balaban J connectivity index is 1.29. The third kappa shape index (κ3) is 5.56. The minimum atomic E-state index is -3.74. The summed E-state index contributed by atoms with van der Waals surface area (Å²) in [5.41, 5.74) is 0.732. The van der Waals surface area contributed by atoms with E-state index in [0.717, 1.165) is 17.8 Å². The van der Waals surface area contributed by atoms with Crippen molar-refractivity contribution in [3.8, 4) is 0 Å². The fraction of sp³-hybridized carbons (Fsp3) is 0.417. The smallest absolute Gasteiger partial charge is 0.321 e. The molecule has 2 aliphatic heterocycles. The Kier molecular flexibility index (Phi) is 7.47. The monoisotopic (exact) mass is 488 g/mol. The third-order valence-corrected chi connectivity index (χ3v) is 8.29. The molecule has 2 aromatic carbocycles. The van der Waals surface area contributed by atoms with Crippen LogP contribution < -0.4 is 5.32 Å². The molecule has 2 saturated heterocycles. The molecule has 34 heavy (non-hydrogen) atoms. The van der Waals surface area contributed by atoms with Crippen LogP contribution in [0.15, 0.2) is 59.5 Å². The summed E-state index contributed by atoms with van der Waals surface area (Å²) >= 11 is 0. The number of sulfonamides is 1. The summed E-state index contributed by atoms with van der Waals surface area (Å²) in [4.78, 5) is 29.1. The van der Waals surface area contributed by atoms with E-state index in [0.29, 0.717) is 52.0 Å². The zero-order valence-corrected chi connectivity index (χ0v) is 19.7. The number of para-hydroxylation sites is 1. The molecule has 0 unspecified atom stereocenters. The number of rotatable bonds is 4. The molecule has 0 spiro atoms. The average molecular weight is 489 g/mol. The molecule has 2 fully saturated rings. The first-order valence-corrected chi connectivity index (χ1v) is 12.9. The molecule has 3 amide bonds. The second-order valence-corrected chi connectivity index (χ2v) is 10.5. The van der Waals surface area contributed by atoms with E-state index in [4.69, 9.17) is 0 Å². The molecule has 0 bridgehead atoms. The summed E-state index contributed by atoms with van der Waals surface area (Å²) < 4.78 is 40.4. The predicted octanol–water partition coefficient (Wildman–Crippen LogP) is 2.99. The van der Waals surface area contributed by atoms with Crippen molar-refractivity contribution < 1.29 is 22.4 Å². The number of carbonyl (C=O) groups is 2. The molecular formula is C24H29FN4O4S. The molecule has 2 aromatic rings. The Morgan fingerprint density at radius 2 is 1.50 bits per heavy atom. The highest BCUT2D eigenvalue weighted by atomic mass is 32.2. The van der Waals surface area contributed by atoms with Gasteiger partial charge in [0, 0.05) is 50.9 Å². The summed E-state index contributed by atoms with van der Waals surface area (Å²) in [5.74, 6) is -0.652. The Bertz CT molecular complexity index is 1100. The molecule has 182 valence electrons. The maximum absolute atomic E-state index is 13.2. The van der Waals surface area contributed by atoms with Gasteiger partial charge in [0.05, 0.1) is 4.90 Å². The lowest BCUT2D eigenvalue weighted by Gasteiger charge is -2.34. The topological polar surface area (TPSA) is 90.0 Å². The summed E-state index contributed by atoms with van der Waals surface area (Å²) in [7, 11) is -3.74.